The van der Waals surface area contributed by atoms with Crippen molar-refractivity contribution < 1.29 is 23.8 Å². The molecule has 2 aromatic rings. The SMILES string of the molecule is COc1ccc(C(N)=O)c(OC(=O)COc2ccc(C#N)cc2)c1. The van der Waals surface area contributed by atoms with Crippen molar-refractivity contribution in [3.63, 3.8) is 0 Å². The summed E-state index contributed by atoms with van der Waals surface area (Å²) in [4.78, 5) is 23.3. The van der Waals surface area contributed by atoms with Crippen LogP contribution in [-0.4, -0.2) is 25.6 Å². The Labute approximate surface area is 138 Å². The fourth-order valence-electron chi connectivity index (χ4n) is 1.84. The molecule has 0 unspecified atom stereocenters. The first-order chi connectivity index (χ1) is 11.5. The standard InChI is InChI=1S/C17H14N2O5/c1-22-13-6-7-14(17(19)21)15(8-13)24-16(20)10-23-12-4-2-11(9-18)3-5-12/h2-8H,10H2,1H3,(H2,19,21). The monoisotopic (exact) mass is 326 g/mol. The zero-order valence-electron chi connectivity index (χ0n) is 12.8. The maximum absolute atomic E-state index is 11.9. The predicted molar refractivity (Wildman–Crippen MR) is 83.8 cm³/mol. The molecule has 0 fully saturated rings. The molecule has 0 aliphatic rings. The average Bonchev–Trinajstić information content (AvgIpc) is 2.60. The number of carbonyl (C=O) groups is 2. The Balaban J connectivity index is 2.03. The Bertz CT molecular complexity index is 794. The maximum atomic E-state index is 11.9. The summed E-state index contributed by atoms with van der Waals surface area (Å²) in [5.41, 5.74) is 5.78. The largest absolute Gasteiger partial charge is 0.497 e. The number of methoxy groups -OCH3 is 1. The number of nitrogens with zero attached hydrogens (tertiary/aromatic N) is 1. The van der Waals surface area contributed by atoms with Gasteiger partial charge in [0.1, 0.15) is 17.2 Å². The van der Waals surface area contributed by atoms with Crippen molar-refractivity contribution in [2.75, 3.05) is 13.7 Å². The van der Waals surface area contributed by atoms with Crippen LogP contribution in [-0.2, 0) is 4.79 Å². The molecule has 0 radical (unpaired) electrons. The quantitative estimate of drug-likeness (QED) is 0.638. The fraction of sp³-hybridized carbons (Fsp3) is 0.118. The van der Waals surface area contributed by atoms with Crippen LogP contribution < -0.4 is 19.9 Å². The van der Waals surface area contributed by atoms with Gasteiger partial charge < -0.3 is 19.9 Å². The van der Waals surface area contributed by atoms with E-state index in [0.717, 1.165) is 0 Å². The number of ether oxygens (including phenoxy) is 3. The Kier molecular flexibility index (Phi) is 5.36. The maximum Gasteiger partial charge on any atom is 0.349 e. The molecular formula is C17H14N2O5. The van der Waals surface area contributed by atoms with Gasteiger partial charge in [-0.2, -0.15) is 5.26 Å². The molecule has 7 heteroatoms. The Morgan fingerprint density at radius 2 is 1.79 bits per heavy atom. The van der Waals surface area contributed by atoms with Crippen LogP contribution in [0.15, 0.2) is 42.5 Å². The number of esters is 1. The van der Waals surface area contributed by atoms with Crippen molar-refractivity contribution in [2.45, 2.75) is 0 Å². The highest BCUT2D eigenvalue weighted by Crippen LogP contribution is 2.24. The van der Waals surface area contributed by atoms with Gasteiger partial charge in [0.2, 0.25) is 0 Å². The predicted octanol–water partition coefficient (Wildman–Crippen LogP) is 1.65. The number of hydrogen-bond donors (Lipinski definition) is 1. The lowest BCUT2D eigenvalue weighted by atomic mass is 10.2. The summed E-state index contributed by atoms with van der Waals surface area (Å²) < 4.78 is 15.4. The minimum Gasteiger partial charge on any atom is -0.497 e. The topological polar surface area (TPSA) is 112 Å². The van der Waals surface area contributed by atoms with E-state index in [-0.39, 0.29) is 17.9 Å². The minimum atomic E-state index is -0.728. The molecule has 2 N–H and O–H groups in total. The second kappa shape index (κ2) is 7.65. The van der Waals surface area contributed by atoms with Gasteiger partial charge >= 0.3 is 5.97 Å². The third-order valence-corrected chi connectivity index (χ3v) is 3.02. The van der Waals surface area contributed by atoms with Crippen LogP contribution in [0.3, 0.4) is 0 Å². The minimum absolute atomic E-state index is 0.00437. The average molecular weight is 326 g/mol. The molecule has 0 saturated heterocycles. The lowest BCUT2D eigenvalue weighted by Crippen LogP contribution is -2.20. The molecule has 7 nitrogen and oxygen atoms in total. The number of amides is 1. The number of benzene rings is 2. The molecule has 0 aliphatic carbocycles. The number of primary amides is 1. The van der Waals surface area contributed by atoms with Crippen molar-refractivity contribution in [2.24, 2.45) is 5.73 Å². The number of rotatable bonds is 6. The first kappa shape index (κ1) is 16.8. The lowest BCUT2D eigenvalue weighted by Gasteiger charge is -2.10. The molecule has 0 spiro atoms. The zero-order valence-corrected chi connectivity index (χ0v) is 12.8. The van der Waals surface area contributed by atoms with E-state index in [9.17, 15) is 9.59 Å². The van der Waals surface area contributed by atoms with Gasteiger partial charge in [-0.25, -0.2) is 4.79 Å². The van der Waals surface area contributed by atoms with Crippen LogP contribution in [0.25, 0.3) is 0 Å². The highest BCUT2D eigenvalue weighted by Gasteiger charge is 2.15. The molecule has 0 saturated carbocycles. The molecule has 0 atom stereocenters. The third-order valence-electron chi connectivity index (χ3n) is 3.02. The molecule has 0 aliphatic heterocycles. The normalized spacial score (nSPS) is 9.67. The van der Waals surface area contributed by atoms with Gasteiger partial charge in [0.25, 0.3) is 5.91 Å². The van der Waals surface area contributed by atoms with Crippen LogP contribution in [0.2, 0.25) is 0 Å². The fourth-order valence-corrected chi connectivity index (χ4v) is 1.84. The Morgan fingerprint density at radius 3 is 2.38 bits per heavy atom. The van der Waals surface area contributed by atoms with Gasteiger partial charge in [-0.15, -0.1) is 0 Å². The zero-order chi connectivity index (χ0) is 17.5. The summed E-state index contributed by atoms with van der Waals surface area (Å²) in [5, 5.41) is 8.71. The smallest absolute Gasteiger partial charge is 0.349 e. The summed E-state index contributed by atoms with van der Waals surface area (Å²) in [7, 11) is 1.44. The van der Waals surface area contributed by atoms with Gasteiger partial charge in [0.05, 0.1) is 24.3 Å². The van der Waals surface area contributed by atoms with Gasteiger partial charge in [0, 0.05) is 6.07 Å². The molecule has 0 heterocycles. The number of carbonyl (C=O) groups excluding carboxylic acids is 2. The van der Waals surface area contributed by atoms with Gasteiger partial charge in [-0.1, -0.05) is 0 Å². The van der Waals surface area contributed by atoms with Gasteiger partial charge in [-0.05, 0) is 36.4 Å². The van der Waals surface area contributed by atoms with Crippen LogP contribution >= 0.6 is 0 Å². The highest BCUT2D eigenvalue weighted by atomic mass is 16.6. The van der Waals surface area contributed by atoms with Gasteiger partial charge in [-0.3, -0.25) is 4.79 Å². The van der Waals surface area contributed by atoms with E-state index in [1.807, 2.05) is 6.07 Å². The molecular weight excluding hydrogens is 312 g/mol. The van der Waals surface area contributed by atoms with Crippen molar-refractivity contribution in [1.29, 1.82) is 5.26 Å². The van der Waals surface area contributed by atoms with Crippen LogP contribution in [0.4, 0.5) is 0 Å². The molecule has 0 bridgehead atoms. The summed E-state index contributed by atoms with van der Waals surface area (Å²) in [6.07, 6.45) is 0. The van der Waals surface area contributed by atoms with Crippen molar-refractivity contribution in [3.05, 3.63) is 53.6 Å². The van der Waals surface area contributed by atoms with Crippen LogP contribution in [0.5, 0.6) is 17.2 Å². The van der Waals surface area contributed by atoms with Crippen molar-refractivity contribution in [1.82, 2.24) is 0 Å². The number of hydrogen-bond acceptors (Lipinski definition) is 6. The second-order valence-electron chi connectivity index (χ2n) is 4.63. The summed E-state index contributed by atoms with van der Waals surface area (Å²) in [6.45, 7) is -0.374. The number of nitrogens with two attached hydrogens (primary N) is 1. The van der Waals surface area contributed by atoms with E-state index in [0.29, 0.717) is 17.1 Å². The van der Waals surface area contributed by atoms with Crippen LogP contribution in [0, 0.1) is 11.3 Å². The van der Waals surface area contributed by atoms with E-state index >= 15 is 0 Å². The van der Waals surface area contributed by atoms with E-state index in [4.69, 9.17) is 25.2 Å². The second-order valence-corrected chi connectivity index (χ2v) is 4.63. The summed E-state index contributed by atoms with van der Waals surface area (Å²) in [5.74, 6) is -0.624. The summed E-state index contributed by atoms with van der Waals surface area (Å²) >= 11 is 0. The number of nitriles is 1. The molecule has 122 valence electrons. The molecule has 2 aromatic carbocycles. The first-order valence-electron chi connectivity index (χ1n) is 6.85. The Hall–Kier alpha value is -3.53. The molecule has 2 rings (SSSR count). The Morgan fingerprint density at radius 1 is 1.12 bits per heavy atom. The molecule has 0 aromatic heterocycles. The van der Waals surface area contributed by atoms with E-state index in [2.05, 4.69) is 0 Å². The highest BCUT2D eigenvalue weighted by molar-refractivity contribution is 5.96. The van der Waals surface area contributed by atoms with E-state index in [1.54, 1.807) is 24.3 Å². The lowest BCUT2D eigenvalue weighted by molar-refractivity contribution is -0.136. The van der Waals surface area contributed by atoms with Crippen molar-refractivity contribution in [3.8, 4) is 23.3 Å². The van der Waals surface area contributed by atoms with Crippen LogP contribution in [0.1, 0.15) is 15.9 Å². The van der Waals surface area contributed by atoms with E-state index < -0.39 is 11.9 Å². The first-order valence-corrected chi connectivity index (χ1v) is 6.85. The van der Waals surface area contributed by atoms with E-state index in [1.165, 1.54) is 25.3 Å². The van der Waals surface area contributed by atoms with Gasteiger partial charge in [0.15, 0.2) is 6.61 Å². The summed E-state index contributed by atoms with van der Waals surface area (Å²) in [6, 6.07) is 12.6. The van der Waals surface area contributed by atoms with Crippen molar-refractivity contribution >= 4 is 11.9 Å². The molecule has 24 heavy (non-hydrogen) atoms. The third kappa shape index (κ3) is 4.24. The molecule has 1 amide bonds.